The Morgan fingerprint density at radius 2 is 2.30 bits per heavy atom. The summed E-state index contributed by atoms with van der Waals surface area (Å²) in [5, 5.41) is 19.3. The summed E-state index contributed by atoms with van der Waals surface area (Å²) >= 11 is 8.75. The molecule has 9 nitrogen and oxygen atoms in total. The Morgan fingerprint density at radius 3 is 3.07 bits per heavy atom. The zero-order valence-corrected chi connectivity index (χ0v) is 16.6. The number of anilines is 2. The predicted octanol–water partition coefficient (Wildman–Crippen LogP) is 2.56. The molecule has 0 saturated heterocycles. The predicted molar refractivity (Wildman–Crippen MR) is 106 cm³/mol. The highest BCUT2D eigenvalue weighted by Crippen LogP contribution is 2.27. The lowest BCUT2D eigenvalue weighted by Gasteiger charge is -2.11. The SMILES string of the molecule is COCCNc1nnc(SCC(=O)Nc2cc(Cl)ccc2-n2cncn2)s1. The zero-order valence-electron chi connectivity index (χ0n) is 14.3. The molecule has 2 aromatic heterocycles. The molecule has 0 bridgehead atoms. The summed E-state index contributed by atoms with van der Waals surface area (Å²) < 4.78 is 7.23. The summed E-state index contributed by atoms with van der Waals surface area (Å²) in [5.74, 6) is 0.00320. The lowest BCUT2D eigenvalue weighted by Crippen LogP contribution is -2.16. The number of carbonyl (C=O) groups is 1. The third-order valence-electron chi connectivity index (χ3n) is 3.21. The summed E-state index contributed by atoms with van der Waals surface area (Å²) in [4.78, 5) is 16.3. The number of nitrogens with one attached hydrogen (secondary N) is 2. The summed E-state index contributed by atoms with van der Waals surface area (Å²) in [6, 6.07) is 5.16. The van der Waals surface area contributed by atoms with Crippen molar-refractivity contribution in [3.05, 3.63) is 35.9 Å². The van der Waals surface area contributed by atoms with Gasteiger partial charge in [-0.25, -0.2) is 9.67 Å². The monoisotopic (exact) mass is 425 g/mol. The molecule has 0 fully saturated rings. The van der Waals surface area contributed by atoms with E-state index in [4.69, 9.17) is 16.3 Å². The second-order valence-corrected chi connectivity index (χ2v) is 7.77. The van der Waals surface area contributed by atoms with Crippen molar-refractivity contribution in [1.29, 1.82) is 0 Å². The van der Waals surface area contributed by atoms with Crippen LogP contribution >= 0.6 is 34.7 Å². The van der Waals surface area contributed by atoms with E-state index in [0.29, 0.717) is 39.0 Å². The molecule has 0 aliphatic carbocycles. The van der Waals surface area contributed by atoms with Crippen LogP contribution in [-0.2, 0) is 9.53 Å². The molecule has 1 amide bonds. The molecule has 0 atom stereocenters. The highest BCUT2D eigenvalue weighted by molar-refractivity contribution is 8.01. The number of hydrogen-bond acceptors (Lipinski definition) is 9. The van der Waals surface area contributed by atoms with Crippen LogP contribution in [0.1, 0.15) is 0 Å². The number of hydrogen-bond donors (Lipinski definition) is 2. The maximum atomic E-state index is 12.3. The van der Waals surface area contributed by atoms with Crippen LogP contribution in [0.4, 0.5) is 10.8 Å². The number of rotatable bonds is 9. The molecule has 0 aliphatic heterocycles. The van der Waals surface area contributed by atoms with Crippen molar-refractivity contribution in [2.24, 2.45) is 0 Å². The molecule has 0 spiro atoms. The normalized spacial score (nSPS) is 10.7. The van der Waals surface area contributed by atoms with Crippen LogP contribution in [0.25, 0.3) is 5.69 Å². The van der Waals surface area contributed by atoms with E-state index in [1.54, 1.807) is 36.3 Å². The van der Waals surface area contributed by atoms with E-state index in [-0.39, 0.29) is 11.7 Å². The number of ether oxygens (including phenoxy) is 1. The molecular weight excluding hydrogens is 410 g/mol. The van der Waals surface area contributed by atoms with Crippen LogP contribution in [0.5, 0.6) is 0 Å². The molecule has 2 heterocycles. The van der Waals surface area contributed by atoms with Gasteiger partial charge in [0.05, 0.1) is 23.7 Å². The third kappa shape index (κ3) is 5.63. The number of benzene rings is 1. The zero-order chi connectivity index (χ0) is 19.1. The number of nitrogens with zero attached hydrogens (tertiary/aromatic N) is 5. The molecule has 3 aromatic rings. The maximum Gasteiger partial charge on any atom is 0.234 e. The molecule has 12 heteroatoms. The molecule has 0 saturated carbocycles. The minimum absolute atomic E-state index is 0.187. The van der Waals surface area contributed by atoms with Crippen molar-refractivity contribution in [3.63, 3.8) is 0 Å². The van der Waals surface area contributed by atoms with E-state index in [1.807, 2.05) is 0 Å². The van der Waals surface area contributed by atoms with Crippen molar-refractivity contribution < 1.29 is 9.53 Å². The average molecular weight is 426 g/mol. The first kappa shape index (κ1) is 19.5. The van der Waals surface area contributed by atoms with Gasteiger partial charge in [-0.05, 0) is 18.2 Å². The summed E-state index contributed by atoms with van der Waals surface area (Å²) in [5.41, 5.74) is 1.23. The fourth-order valence-corrected chi connectivity index (χ4v) is 3.80. The lowest BCUT2D eigenvalue weighted by molar-refractivity contribution is -0.113. The van der Waals surface area contributed by atoms with Gasteiger partial charge < -0.3 is 15.4 Å². The Morgan fingerprint density at radius 1 is 1.41 bits per heavy atom. The van der Waals surface area contributed by atoms with E-state index in [0.717, 1.165) is 0 Å². The first-order valence-electron chi connectivity index (χ1n) is 7.79. The van der Waals surface area contributed by atoms with Gasteiger partial charge in [-0.15, -0.1) is 10.2 Å². The van der Waals surface area contributed by atoms with E-state index in [1.165, 1.54) is 29.4 Å². The Bertz CT molecular complexity index is 888. The van der Waals surface area contributed by atoms with Crippen LogP contribution in [0, 0.1) is 0 Å². The van der Waals surface area contributed by atoms with Gasteiger partial charge >= 0.3 is 0 Å². The van der Waals surface area contributed by atoms with E-state index in [2.05, 4.69) is 30.9 Å². The molecule has 0 unspecified atom stereocenters. The standard InChI is InChI=1S/C15H16ClN7O2S2/c1-25-5-4-18-14-21-22-15(27-14)26-7-13(24)20-11-6-10(16)2-3-12(11)23-9-17-8-19-23/h2-3,6,8-9H,4-5,7H2,1H3,(H,18,21)(H,20,24). The van der Waals surface area contributed by atoms with Gasteiger partial charge in [-0.1, -0.05) is 34.7 Å². The van der Waals surface area contributed by atoms with E-state index >= 15 is 0 Å². The van der Waals surface area contributed by atoms with Gasteiger partial charge in [0, 0.05) is 18.7 Å². The smallest absolute Gasteiger partial charge is 0.234 e. The van der Waals surface area contributed by atoms with Crippen LogP contribution in [0.3, 0.4) is 0 Å². The van der Waals surface area contributed by atoms with Crippen molar-refractivity contribution in [1.82, 2.24) is 25.0 Å². The van der Waals surface area contributed by atoms with Crippen LogP contribution < -0.4 is 10.6 Å². The highest BCUT2D eigenvalue weighted by atomic mass is 35.5. The van der Waals surface area contributed by atoms with E-state index in [9.17, 15) is 4.79 Å². The minimum atomic E-state index is -0.187. The van der Waals surface area contributed by atoms with E-state index < -0.39 is 0 Å². The third-order valence-corrected chi connectivity index (χ3v) is 5.46. The molecule has 0 radical (unpaired) electrons. The Balaban J connectivity index is 1.58. The molecule has 142 valence electrons. The number of methoxy groups -OCH3 is 1. The minimum Gasteiger partial charge on any atom is -0.383 e. The molecule has 27 heavy (non-hydrogen) atoms. The number of thioether (sulfide) groups is 1. The number of aromatic nitrogens is 5. The van der Waals surface area contributed by atoms with Gasteiger partial charge in [-0.2, -0.15) is 5.10 Å². The highest BCUT2D eigenvalue weighted by Gasteiger charge is 2.12. The lowest BCUT2D eigenvalue weighted by atomic mass is 10.2. The van der Waals surface area contributed by atoms with Crippen molar-refractivity contribution in [3.8, 4) is 5.69 Å². The molecule has 1 aromatic carbocycles. The quantitative estimate of drug-likeness (QED) is 0.398. The Hall–Kier alpha value is -2.21. The topological polar surface area (TPSA) is 107 Å². The van der Waals surface area contributed by atoms with Crippen molar-refractivity contribution in [2.75, 3.05) is 36.6 Å². The van der Waals surface area contributed by atoms with Gasteiger partial charge in [0.15, 0.2) is 4.34 Å². The number of halogens is 1. The Kier molecular flexibility index (Phi) is 6.98. The van der Waals surface area contributed by atoms with Crippen LogP contribution in [0.2, 0.25) is 5.02 Å². The van der Waals surface area contributed by atoms with Crippen molar-refractivity contribution in [2.45, 2.75) is 4.34 Å². The maximum absolute atomic E-state index is 12.3. The molecule has 2 N–H and O–H groups in total. The Labute approximate surface area is 168 Å². The first-order valence-corrected chi connectivity index (χ1v) is 9.97. The number of carbonyl (C=O) groups excluding carboxylic acids is 1. The van der Waals surface area contributed by atoms with Gasteiger partial charge in [0.2, 0.25) is 11.0 Å². The number of amides is 1. The fraction of sp³-hybridized carbons (Fsp3) is 0.267. The first-order chi connectivity index (χ1) is 13.2. The molecular formula is C15H16ClN7O2S2. The van der Waals surface area contributed by atoms with Crippen LogP contribution in [0.15, 0.2) is 35.2 Å². The fourth-order valence-electron chi connectivity index (χ4n) is 2.05. The summed E-state index contributed by atoms with van der Waals surface area (Å²) in [6.45, 7) is 1.23. The molecule has 3 rings (SSSR count). The van der Waals surface area contributed by atoms with Crippen LogP contribution in [-0.4, -0.2) is 56.9 Å². The van der Waals surface area contributed by atoms with Crippen molar-refractivity contribution >= 4 is 51.4 Å². The van der Waals surface area contributed by atoms with Gasteiger partial charge in [-0.3, -0.25) is 4.79 Å². The second kappa shape index (κ2) is 9.65. The molecule has 0 aliphatic rings. The summed E-state index contributed by atoms with van der Waals surface area (Å²) in [6.07, 6.45) is 2.97. The van der Waals surface area contributed by atoms with Gasteiger partial charge in [0.25, 0.3) is 0 Å². The largest absolute Gasteiger partial charge is 0.383 e. The second-order valence-electron chi connectivity index (χ2n) is 5.13. The summed E-state index contributed by atoms with van der Waals surface area (Å²) in [7, 11) is 1.63. The average Bonchev–Trinajstić information content (AvgIpc) is 3.32. The van der Waals surface area contributed by atoms with Gasteiger partial charge in [0.1, 0.15) is 12.7 Å².